The monoisotopic (exact) mass is 387 g/mol. The largest absolute Gasteiger partial charge is 0.381 e. The van der Waals surface area contributed by atoms with E-state index >= 15 is 0 Å². The third-order valence-electron chi connectivity index (χ3n) is 4.10. The molecule has 0 unspecified atom stereocenters. The lowest BCUT2D eigenvalue weighted by atomic mass is 10.1. The first-order chi connectivity index (χ1) is 12.1. The molecule has 7 heteroatoms. The smallest absolute Gasteiger partial charge is 0.193 e. The van der Waals surface area contributed by atoms with Crippen molar-refractivity contribution in [1.82, 2.24) is 10.2 Å². The molecule has 1 saturated heterocycles. The lowest BCUT2D eigenvalue weighted by Crippen LogP contribution is -2.39. The number of ether oxygens (including phenoxy) is 2. The van der Waals surface area contributed by atoms with Crippen LogP contribution in [0.15, 0.2) is 23.2 Å². The summed E-state index contributed by atoms with van der Waals surface area (Å²) in [5.41, 5.74) is 1.09. The highest BCUT2D eigenvalue weighted by Gasteiger charge is 2.13. The molecule has 2 rings (SSSR count). The van der Waals surface area contributed by atoms with Gasteiger partial charge < -0.3 is 19.7 Å². The first-order valence-electron chi connectivity index (χ1n) is 8.65. The van der Waals surface area contributed by atoms with Crippen molar-refractivity contribution in [2.75, 3.05) is 40.5 Å². The van der Waals surface area contributed by atoms with Crippen molar-refractivity contribution in [2.45, 2.75) is 31.9 Å². The second-order valence-electron chi connectivity index (χ2n) is 6.11. The average Bonchev–Trinajstić information content (AvgIpc) is 2.62. The van der Waals surface area contributed by atoms with Crippen LogP contribution in [0, 0.1) is 0 Å². The molecule has 0 spiro atoms. The quantitative estimate of drug-likeness (QED) is 0.441. The van der Waals surface area contributed by atoms with Gasteiger partial charge in [0.25, 0.3) is 0 Å². The van der Waals surface area contributed by atoms with Gasteiger partial charge in [0.15, 0.2) is 5.96 Å². The summed E-state index contributed by atoms with van der Waals surface area (Å²) in [6.45, 7) is 3.91. The van der Waals surface area contributed by atoms with Gasteiger partial charge in [-0.15, -0.1) is 0 Å². The van der Waals surface area contributed by atoms with Crippen LogP contribution < -0.4 is 5.32 Å². The Hall–Kier alpha value is -1.01. The van der Waals surface area contributed by atoms with E-state index in [1.165, 1.54) is 0 Å². The lowest BCUT2D eigenvalue weighted by Gasteiger charge is -2.24. The van der Waals surface area contributed by atoms with Crippen LogP contribution in [0.4, 0.5) is 0 Å². The molecule has 0 amide bonds. The zero-order valence-electron chi connectivity index (χ0n) is 14.9. The minimum Gasteiger partial charge on any atom is -0.381 e. The number of guanidine groups is 1. The summed E-state index contributed by atoms with van der Waals surface area (Å²) < 4.78 is 11.2. The molecule has 1 aliphatic rings. The fourth-order valence-electron chi connectivity index (χ4n) is 2.74. The molecule has 1 fully saturated rings. The van der Waals surface area contributed by atoms with Crippen molar-refractivity contribution in [1.29, 1.82) is 0 Å². The van der Waals surface area contributed by atoms with Crippen molar-refractivity contribution in [3.63, 3.8) is 0 Å². The first-order valence-corrected chi connectivity index (χ1v) is 9.41. The molecule has 1 aromatic carbocycles. The molecule has 0 aliphatic carbocycles. The van der Waals surface area contributed by atoms with E-state index in [1.54, 1.807) is 7.05 Å². The van der Waals surface area contributed by atoms with Gasteiger partial charge >= 0.3 is 0 Å². The molecule has 1 aliphatic heterocycles. The summed E-state index contributed by atoms with van der Waals surface area (Å²) >= 11 is 12.0. The third kappa shape index (κ3) is 7.02. The van der Waals surface area contributed by atoms with Crippen LogP contribution >= 0.6 is 23.2 Å². The van der Waals surface area contributed by atoms with Crippen LogP contribution in [-0.4, -0.2) is 57.4 Å². The third-order valence-corrected chi connectivity index (χ3v) is 4.84. The summed E-state index contributed by atoms with van der Waals surface area (Å²) in [6, 6.07) is 5.67. The van der Waals surface area contributed by atoms with Crippen molar-refractivity contribution in [3.8, 4) is 0 Å². The van der Waals surface area contributed by atoms with Gasteiger partial charge in [-0.3, -0.25) is 4.99 Å². The van der Waals surface area contributed by atoms with Crippen LogP contribution in [0.5, 0.6) is 0 Å². The van der Waals surface area contributed by atoms with E-state index < -0.39 is 0 Å². The highest BCUT2D eigenvalue weighted by Crippen LogP contribution is 2.23. The highest BCUT2D eigenvalue weighted by molar-refractivity contribution is 6.42. The molecule has 1 N–H and O–H groups in total. The van der Waals surface area contributed by atoms with Crippen LogP contribution in [0.3, 0.4) is 0 Å². The Balaban J connectivity index is 1.68. The van der Waals surface area contributed by atoms with Gasteiger partial charge in [0.2, 0.25) is 0 Å². The number of hydrogen-bond acceptors (Lipinski definition) is 3. The summed E-state index contributed by atoms with van der Waals surface area (Å²) in [5, 5.41) is 4.51. The second-order valence-corrected chi connectivity index (χ2v) is 6.93. The van der Waals surface area contributed by atoms with E-state index in [1.807, 2.05) is 25.2 Å². The number of aliphatic imine (C=N–C) groups is 1. The van der Waals surface area contributed by atoms with E-state index in [4.69, 9.17) is 32.7 Å². The normalized spacial score (nSPS) is 16.1. The number of hydrogen-bond donors (Lipinski definition) is 1. The Morgan fingerprint density at radius 1 is 1.32 bits per heavy atom. The zero-order valence-corrected chi connectivity index (χ0v) is 16.4. The molecule has 0 radical (unpaired) electrons. The summed E-state index contributed by atoms with van der Waals surface area (Å²) in [4.78, 5) is 6.38. The van der Waals surface area contributed by atoms with E-state index in [0.29, 0.717) is 22.7 Å². The van der Waals surface area contributed by atoms with Gasteiger partial charge in [0.1, 0.15) is 0 Å². The van der Waals surface area contributed by atoms with Crippen molar-refractivity contribution < 1.29 is 9.47 Å². The van der Waals surface area contributed by atoms with E-state index in [9.17, 15) is 0 Å². The minimum atomic E-state index is 0.352. The van der Waals surface area contributed by atoms with E-state index in [-0.39, 0.29) is 0 Å². The van der Waals surface area contributed by atoms with Crippen molar-refractivity contribution in [2.24, 2.45) is 4.99 Å². The Bertz CT molecular complexity index is 563. The molecule has 1 heterocycles. The van der Waals surface area contributed by atoms with Crippen molar-refractivity contribution >= 4 is 29.2 Å². The van der Waals surface area contributed by atoms with E-state index in [0.717, 1.165) is 57.2 Å². The number of halogens is 2. The predicted octanol–water partition coefficient (Wildman–Crippen LogP) is 3.59. The van der Waals surface area contributed by atoms with Crippen LogP contribution in [-0.2, 0) is 16.0 Å². The maximum Gasteiger partial charge on any atom is 0.193 e. The molecule has 5 nitrogen and oxygen atoms in total. The molecule has 0 atom stereocenters. The predicted molar refractivity (Wildman–Crippen MR) is 104 cm³/mol. The van der Waals surface area contributed by atoms with Crippen LogP contribution in [0.1, 0.15) is 24.8 Å². The molecule has 1 aromatic rings. The van der Waals surface area contributed by atoms with Gasteiger partial charge in [0.05, 0.1) is 16.1 Å². The zero-order chi connectivity index (χ0) is 18.1. The number of nitrogens with zero attached hydrogens (tertiary/aromatic N) is 2. The maximum absolute atomic E-state index is 6.08. The minimum absolute atomic E-state index is 0.352. The van der Waals surface area contributed by atoms with Gasteiger partial charge in [-0.25, -0.2) is 0 Å². The number of rotatable bonds is 7. The Morgan fingerprint density at radius 2 is 2.08 bits per heavy atom. The average molecular weight is 388 g/mol. The molecule has 0 bridgehead atoms. The van der Waals surface area contributed by atoms with E-state index in [2.05, 4.69) is 15.2 Å². The fraction of sp³-hybridized carbons (Fsp3) is 0.611. The van der Waals surface area contributed by atoms with Crippen LogP contribution in [0.25, 0.3) is 0 Å². The molecular weight excluding hydrogens is 361 g/mol. The van der Waals surface area contributed by atoms with Crippen LogP contribution in [0.2, 0.25) is 10.0 Å². The lowest BCUT2D eigenvalue weighted by molar-refractivity contribution is -0.0320. The molecule has 0 saturated carbocycles. The number of benzene rings is 1. The Labute approximate surface area is 160 Å². The highest BCUT2D eigenvalue weighted by atomic mass is 35.5. The van der Waals surface area contributed by atoms with Gasteiger partial charge in [-0.1, -0.05) is 29.3 Å². The SMILES string of the molecule is CN=C(NCCCOC1CCOCC1)N(C)Cc1ccc(Cl)c(Cl)c1. The first kappa shape index (κ1) is 20.3. The molecule has 140 valence electrons. The summed E-state index contributed by atoms with van der Waals surface area (Å²) in [7, 11) is 3.78. The molecule has 0 aromatic heterocycles. The van der Waals surface area contributed by atoms with Gasteiger partial charge in [0, 0.05) is 47.0 Å². The summed E-state index contributed by atoms with van der Waals surface area (Å²) in [6.07, 6.45) is 3.30. The Kier molecular flexibility index (Phi) is 8.82. The molecular formula is C18H27Cl2N3O2. The van der Waals surface area contributed by atoms with Crippen molar-refractivity contribution in [3.05, 3.63) is 33.8 Å². The summed E-state index contributed by atoms with van der Waals surface area (Å²) in [5.74, 6) is 0.845. The topological polar surface area (TPSA) is 46.1 Å². The van der Waals surface area contributed by atoms with Gasteiger partial charge in [-0.05, 0) is 37.0 Å². The van der Waals surface area contributed by atoms with Gasteiger partial charge in [-0.2, -0.15) is 0 Å². The molecule has 25 heavy (non-hydrogen) atoms. The Morgan fingerprint density at radius 3 is 2.76 bits per heavy atom. The standard InChI is InChI=1S/C18H27Cl2N3O2/c1-21-18(22-8-3-9-25-15-6-10-24-11-7-15)23(2)13-14-4-5-16(19)17(20)12-14/h4-5,12,15H,3,6-11,13H2,1-2H3,(H,21,22). The fourth-order valence-corrected chi connectivity index (χ4v) is 3.06. The number of nitrogens with one attached hydrogen (secondary N) is 1. The second kappa shape index (κ2) is 10.9. The maximum atomic E-state index is 6.08.